The van der Waals surface area contributed by atoms with Crippen LogP contribution in [0.4, 0.5) is 9.93 Å². The lowest BCUT2D eigenvalue weighted by Gasteiger charge is -2.49. The van der Waals surface area contributed by atoms with E-state index in [0.717, 1.165) is 42.6 Å². The smallest absolute Gasteiger partial charge is 0.457 e. The van der Waals surface area contributed by atoms with Crippen molar-refractivity contribution < 1.29 is 38.6 Å². The number of aromatic nitrogens is 2. The van der Waals surface area contributed by atoms with E-state index in [1.807, 2.05) is 19.9 Å². The van der Waals surface area contributed by atoms with Crippen LogP contribution in [0.2, 0.25) is 0 Å². The molecule has 4 N–H and O–H groups in total. The summed E-state index contributed by atoms with van der Waals surface area (Å²) < 4.78 is 15.9. The summed E-state index contributed by atoms with van der Waals surface area (Å²) >= 11 is 2.39. The second kappa shape index (κ2) is 16.0. The maximum atomic E-state index is 13.4. The molecule has 45 heavy (non-hydrogen) atoms. The molecule has 1 saturated heterocycles. The SMILES string of the molecule is CCCC(CCC)OC(=O)OCCOC(=O)C1=C(/C=C\c2cccnc2)CS[C@H]2[C@H](NC(=O)C(=NO)c3csc(N)n3)C(=O)N12. The maximum Gasteiger partial charge on any atom is 0.508 e. The van der Waals surface area contributed by atoms with Crippen LogP contribution in [0.25, 0.3) is 6.08 Å². The van der Waals surface area contributed by atoms with Crippen molar-refractivity contribution in [3.63, 3.8) is 0 Å². The molecule has 0 aliphatic carbocycles. The van der Waals surface area contributed by atoms with E-state index >= 15 is 0 Å². The zero-order valence-electron chi connectivity index (χ0n) is 24.7. The van der Waals surface area contributed by atoms with Gasteiger partial charge in [0.1, 0.15) is 42.1 Å². The van der Waals surface area contributed by atoms with Crippen molar-refractivity contribution in [1.29, 1.82) is 0 Å². The second-order valence-corrected chi connectivity index (χ2v) is 11.9. The molecular formula is C29H34N6O8S2. The van der Waals surface area contributed by atoms with Gasteiger partial charge in [0, 0.05) is 23.5 Å². The van der Waals surface area contributed by atoms with Crippen molar-refractivity contribution in [3.8, 4) is 0 Å². The Morgan fingerprint density at radius 1 is 1.22 bits per heavy atom. The number of carbonyl (C=O) groups excluding carboxylic acids is 4. The third-order valence-electron chi connectivity index (χ3n) is 6.74. The molecule has 2 atom stereocenters. The van der Waals surface area contributed by atoms with Crippen molar-refractivity contribution in [2.75, 3.05) is 24.7 Å². The maximum absolute atomic E-state index is 13.4. The first-order valence-corrected chi connectivity index (χ1v) is 16.2. The number of hydrogen-bond acceptors (Lipinski definition) is 14. The van der Waals surface area contributed by atoms with E-state index in [9.17, 15) is 24.4 Å². The number of oxime groups is 1. The molecule has 2 aromatic rings. The molecule has 4 rings (SSSR count). The Hall–Kier alpha value is -4.44. The third-order valence-corrected chi connectivity index (χ3v) is 8.72. The lowest BCUT2D eigenvalue weighted by Crippen LogP contribution is -2.71. The molecule has 0 saturated carbocycles. The van der Waals surface area contributed by atoms with Crippen LogP contribution in [-0.2, 0) is 28.6 Å². The number of allylic oxidation sites excluding steroid dienone is 1. The summed E-state index contributed by atoms with van der Waals surface area (Å²) in [5, 5.41) is 16.0. The number of nitrogen functional groups attached to an aromatic ring is 1. The third kappa shape index (κ3) is 8.39. The number of nitrogens with zero attached hydrogens (tertiary/aromatic N) is 4. The van der Waals surface area contributed by atoms with Crippen molar-refractivity contribution in [3.05, 3.63) is 58.5 Å². The molecule has 2 aliphatic rings. The number of ether oxygens (including phenoxy) is 3. The predicted molar refractivity (Wildman–Crippen MR) is 167 cm³/mol. The number of β-lactam (4-membered cyclic amide) rings is 1. The zero-order chi connectivity index (χ0) is 32.3. The van der Waals surface area contributed by atoms with Crippen molar-refractivity contribution in [2.24, 2.45) is 5.16 Å². The van der Waals surface area contributed by atoms with Crippen LogP contribution in [0.3, 0.4) is 0 Å². The van der Waals surface area contributed by atoms with Gasteiger partial charge in [-0.1, -0.05) is 50.1 Å². The van der Waals surface area contributed by atoms with Crippen molar-refractivity contribution >= 4 is 64.0 Å². The van der Waals surface area contributed by atoms with E-state index in [4.69, 9.17) is 19.9 Å². The fraction of sp³-hybridized carbons (Fsp3) is 0.414. The van der Waals surface area contributed by atoms with E-state index in [0.29, 0.717) is 11.3 Å². The van der Waals surface area contributed by atoms with Gasteiger partial charge >= 0.3 is 12.1 Å². The Kier molecular flexibility index (Phi) is 11.9. The number of fused-ring (bicyclic) bond motifs is 1. The van der Waals surface area contributed by atoms with Crippen molar-refractivity contribution in [1.82, 2.24) is 20.2 Å². The Bertz CT molecular complexity index is 1470. The number of thiazole rings is 1. The topological polar surface area (TPSA) is 196 Å². The van der Waals surface area contributed by atoms with Crippen LogP contribution in [-0.4, -0.2) is 86.2 Å². The molecule has 4 heterocycles. The van der Waals surface area contributed by atoms with E-state index < -0.39 is 41.1 Å². The number of anilines is 1. The molecule has 2 aliphatic heterocycles. The summed E-state index contributed by atoms with van der Waals surface area (Å²) in [7, 11) is 0. The highest BCUT2D eigenvalue weighted by atomic mass is 32.2. The van der Waals surface area contributed by atoms with Crippen LogP contribution in [0, 0.1) is 0 Å². The van der Waals surface area contributed by atoms with Crippen LogP contribution in [0.1, 0.15) is 50.8 Å². The van der Waals surface area contributed by atoms with E-state index in [1.54, 1.807) is 30.6 Å². The van der Waals surface area contributed by atoms with Gasteiger partial charge in [-0.2, -0.15) is 0 Å². The van der Waals surface area contributed by atoms with Gasteiger partial charge in [-0.25, -0.2) is 14.6 Å². The monoisotopic (exact) mass is 658 g/mol. The molecule has 240 valence electrons. The second-order valence-electron chi connectivity index (χ2n) is 9.93. The molecule has 16 heteroatoms. The first-order valence-electron chi connectivity index (χ1n) is 14.3. The van der Waals surface area contributed by atoms with Crippen LogP contribution < -0.4 is 11.1 Å². The van der Waals surface area contributed by atoms with Gasteiger partial charge in [0.15, 0.2) is 10.8 Å². The van der Waals surface area contributed by atoms with Gasteiger partial charge in [-0.15, -0.1) is 23.1 Å². The number of pyridine rings is 1. The number of carbonyl (C=O) groups is 4. The fourth-order valence-electron chi connectivity index (χ4n) is 4.65. The summed E-state index contributed by atoms with van der Waals surface area (Å²) in [4.78, 5) is 61.0. The quantitative estimate of drug-likeness (QED) is 0.0670. The first kappa shape index (κ1) is 33.5. The standard InChI is InChI=1S/C29H34N6O8S2/c1-3-6-19(7-4-2)43-29(39)42-13-12-41-27(38)23-18(10-9-17-8-5-11-31-14-17)15-44-26-22(25(37)35(23)26)33-24(36)21(34-40)20-16-45-28(30)32-20/h5,8-11,14,16,19,22,26,40H,3-4,6-7,12-13,15H2,1-2H3,(H2,30,32)(H,33,36)/b10-9-,34-21?/t22-,26+/m1/s1. The van der Waals surface area contributed by atoms with Gasteiger partial charge in [-0.3, -0.25) is 19.5 Å². The van der Waals surface area contributed by atoms with E-state index in [-0.39, 0.29) is 35.8 Å². The largest absolute Gasteiger partial charge is 0.508 e. The molecule has 0 unspecified atom stereocenters. The molecule has 0 bridgehead atoms. The van der Waals surface area contributed by atoms with Crippen LogP contribution in [0.15, 0.2) is 52.4 Å². The molecule has 2 aromatic heterocycles. The highest BCUT2D eigenvalue weighted by Gasteiger charge is 2.54. The van der Waals surface area contributed by atoms with E-state index in [1.165, 1.54) is 22.0 Å². The number of rotatable bonds is 14. The lowest BCUT2D eigenvalue weighted by molar-refractivity contribution is -0.153. The highest BCUT2D eigenvalue weighted by Crippen LogP contribution is 2.41. The summed E-state index contributed by atoms with van der Waals surface area (Å²) in [5.41, 5.74) is 6.58. The van der Waals surface area contributed by atoms with Gasteiger partial charge in [0.25, 0.3) is 11.8 Å². The molecule has 1 fully saturated rings. The van der Waals surface area contributed by atoms with Gasteiger partial charge in [-0.05, 0) is 30.0 Å². The number of nitrogens with two attached hydrogens (primary N) is 1. The molecular weight excluding hydrogens is 624 g/mol. The minimum absolute atomic E-state index is 0.00578. The highest BCUT2D eigenvalue weighted by molar-refractivity contribution is 8.00. The molecule has 0 spiro atoms. The Balaban J connectivity index is 1.44. The minimum atomic E-state index is -1.01. The van der Waals surface area contributed by atoms with Gasteiger partial charge in [0.05, 0.1) is 0 Å². The first-order chi connectivity index (χ1) is 21.8. The summed E-state index contributed by atoms with van der Waals surface area (Å²) in [6.45, 7) is 3.49. The minimum Gasteiger partial charge on any atom is -0.457 e. The van der Waals surface area contributed by atoms with Crippen molar-refractivity contribution in [2.45, 2.75) is 57.1 Å². The molecule has 0 aromatic carbocycles. The number of nitrogens with one attached hydrogen (secondary N) is 1. The van der Waals surface area contributed by atoms with Crippen LogP contribution in [0.5, 0.6) is 0 Å². The number of esters is 1. The lowest BCUT2D eigenvalue weighted by atomic mass is 10.0. The molecule has 14 nitrogen and oxygen atoms in total. The summed E-state index contributed by atoms with van der Waals surface area (Å²) in [6.07, 6.45) is 8.82. The zero-order valence-corrected chi connectivity index (χ0v) is 26.3. The summed E-state index contributed by atoms with van der Waals surface area (Å²) in [5.74, 6) is -1.88. The number of amides is 2. The Labute approximate surface area is 267 Å². The van der Waals surface area contributed by atoms with Gasteiger partial charge in [0.2, 0.25) is 0 Å². The summed E-state index contributed by atoms with van der Waals surface area (Å²) in [6, 6.07) is 2.58. The average Bonchev–Trinajstić information content (AvgIpc) is 3.46. The predicted octanol–water partition coefficient (Wildman–Crippen LogP) is 3.33. The normalized spacial score (nSPS) is 18.1. The van der Waals surface area contributed by atoms with E-state index in [2.05, 4.69) is 20.4 Å². The molecule has 2 amide bonds. The number of thioether (sulfide) groups is 1. The fourth-order valence-corrected chi connectivity index (χ4v) is 6.52. The average molecular weight is 659 g/mol. The number of hydrogen-bond donors (Lipinski definition) is 3. The Morgan fingerprint density at radius 3 is 2.62 bits per heavy atom. The van der Waals surface area contributed by atoms with Crippen LogP contribution >= 0.6 is 23.1 Å². The van der Waals surface area contributed by atoms with Gasteiger partial charge < -0.3 is 30.5 Å². The molecule has 0 radical (unpaired) electrons. The Morgan fingerprint density at radius 2 is 1.98 bits per heavy atom.